The van der Waals surface area contributed by atoms with Crippen molar-refractivity contribution in [1.82, 2.24) is 10.1 Å². The van der Waals surface area contributed by atoms with E-state index in [1.165, 1.54) is 7.11 Å². The Morgan fingerprint density at radius 1 is 1.15 bits per heavy atom. The summed E-state index contributed by atoms with van der Waals surface area (Å²) in [6, 6.07) is 0. The molecular formula is C22H38N4O8. The molecule has 2 aliphatic rings. The molecule has 12 nitrogen and oxygen atoms in total. The molecule has 2 saturated heterocycles. The lowest BCUT2D eigenvalue weighted by molar-refractivity contribution is -0.170. The topological polar surface area (TPSA) is 161 Å². The lowest BCUT2D eigenvalue weighted by Crippen LogP contribution is -2.28. The Labute approximate surface area is 200 Å². The van der Waals surface area contributed by atoms with Gasteiger partial charge < -0.3 is 39.1 Å². The Morgan fingerprint density at radius 2 is 1.79 bits per heavy atom. The van der Waals surface area contributed by atoms with Crippen LogP contribution in [0.4, 0.5) is 0 Å². The second kappa shape index (κ2) is 14.9. The van der Waals surface area contributed by atoms with Crippen LogP contribution in [0.1, 0.15) is 70.5 Å². The summed E-state index contributed by atoms with van der Waals surface area (Å²) in [6.45, 7) is 5.79. The van der Waals surface area contributed by atoms with Crippen molar-refractivity contribution in [2.75, 3.05) is 26.9 Å². The zero-order valence-corrected chi connectivity index (χ0v) is 20.4. The second-order valence-electron chi connectivity index (χ2n) is 9.00. The first kappa shape index (κ1) is 28.0. The fourth-order valence-corrected chi connectivity index (χ4v) is 3.42. The van der Waals surface area contributed by atoms with E-state index in [2.05, 4.69) is 15.3 Å². The van der Waals surface area contributed by atoms with E-state index < -0.39 is 0 Å². The largest absolute Gasteiger partial charge is 0.469 e. The highest BCUT2D eigenvalue weighted by Gasteiger charge is 2.26. The Hall–Kier alpha value is -2.28. The summed E-state index contributed by atoms with van der Waals surface area (Å²) in [5.74, 6) is 0.821. The van der Waals surface area contributed by atoms with Crippen molar-refractivity contribution in [3.8, 4) is 0 Å². The van der Waals surface area contributed by atoms with Crippen molar-refractivity contribution in [1.29, 1.82) is 0 Å². The van der Waals surface area contributed by atoms with Crippen molar-refractivity contribution < 1.29 is 38.2 Å². The molecule has 0 aromatic carbocycles. The Bertz CT molecular complexity index is 743. The molecule has 0 bridgehead atoms. The molecule has 0 radical (unpaired) electrons. The highest BCUT2D eigenvalue weighted by Crippen LogP contribution is 2.26. The number of rotatable bonds is 10. The molecule has 0 saturated carbocycles. The van der Waals surface area contributed by atoms with Crippen molar-refractivity contribution in [3.63, 3.8) is 0 Å². The lowest BCUT2D eigenvalue weighted by atomic mass is 9.86. The van der Waals surface area contributed by atoms with Gasteiger partial charge in [-0.1, -0.05) is 24.2 Å². The van der Waals surface area contributed by atoms with Crippen LogP contribution in [-0.4, -0.2) is 66.7 Å². The second-order valence-corrected chi connectivity index (χ2v) is 9.00. The number of hydrogen-bond donors (Lipinski definition) is 2. The molecular weight excluding hydrogens is 448 g/mol. The summed E-state index contributed by atoms with van der Waals surface area (Å²) in [4.78, 5) is 15.7. The molecule has 0 amide bonds. The third-order valence-electron chi connectivity index (χ3n) is 5.21. The van der Waals surface area contributed by atoms with Gasteiger partial charge >= 0.3 is 5.97 Å². The molecule has 2 unspecified atom stereocenters. The van der Waals surface area contributed by atoms with Crippen LogP contribution < -0.4 is 5.73 Å². The van der Waals surface area contributed by atoms with Crippen LogP contribution in [0.15, 0.2) is 9.68 Å². The van der Waals surface area contributed by atoms with Crippen LogP contribution >= 0.6 is 0 Å². The van der Waals surface area contributed by atoms with Gasteiger partial charge in [0.05, 0.1) is 13.5 Å². The van der Waals surface area contributed by atoms with E-state index in [4.69, 9.17) is 39.1 Å². The smallest absolute Gasteiger partial charge is 0.306 e. The molecule has 2 aliphatic heterocycles. The SMILES string of the molecule is COC(=O)CC(C)(C)Cc1nc(COC2CCCCO2)no1.N/C(COC1CCCCO1)=N\O. The molecule has 3 N–H and O–H groups in total. The molecule has 1 aromatic heterocycles. The molecule has 2 atom stereocenters. The van der Waals surface area contributed by atoms with E-state index in [9.17, 15) is 4.79 Å². The average molecular weight is 487 g/mol. The van der Waals surface area contributed by atoms with Gasteiger partial charge in [0.15, 0.2) is 24.2 Å². The minimum Gasteiger partial charge on any atom is -0.469 e. The number of aromatic nitrogens is 2. The van der Waals surface area contributed by atoms with Gasteiger partial charge in [0.25, 0.3) is 0 Å². The number of hydrogen-bond acceptors (Lipinski definition) is 11. The average Bonchev–Trinajstić information content (AvgIpc) is 3.29. The van der Waals surface area contributed by atoms with E-state index >= 15 is 0 Å². The minimum absolute atomic E-state index is 0.0733. The highest BCUT2D eigenvalue weighted by atomic mass is 16.7. The predicted molar refractivity (Wildman–Crippen MR) is 120 cm³/mol. The third kappa shape index (κ3) is 11.2. The fraction of sp³-hybridized carbons (Fsp3) is 0.818. The molecule has 0 spiro atoms. The number of nitrogens with two attached hydrogens (primary N) is 1. The standard InChI is InChI=1S/C15H24N2O5.C7H14N2O3/c1-15(2,9-13(18)19-3)8-12-16-11(17-22-12)10-21-14-6-4-5-7-20-14;8-6(9-10)5-12-7-3-1-2-4-11-7/h14H,4-10H2,1-3H3;7,10H,1-5H2,(H2,8,9). The van der Waals surface area contributed by atoms with Crippen LogP contribution in [-0.2, 0) is 41.5 Å². The number of carbonyl (C=O) groups excluding carboxylic acids is 1. The molecule has 34 heavy (non-hydrogen) atoms. The summed E-state index contributed by atoms with van der Waals surface area (Å²) in [5, 5.41) is 14.9. The van der Waals surface area contributed by atoms with Crippen molar-refractivity contribution >= 4 is 11.8 Å². The van der Waals surface area contributed by atoms with Gasteiger partial charge in [0.2, 0.25) is 5.89 Å². The first-order valence-electron chi connectivity index (χ1n) is 11.6. The molecule has 1 aromatic rings. The van der Waals surface area contributed by atoms with Crippen LogP contribution in [0.2, 0.25) is 0 Å². The van der Waals surface area contributed by atoms with Crippen LogP contribution in [0.3, 0.4) is 0 Å². The fourth-order valence-electron chi connectivity index (χ4n) is 3.42. The van der Waals surface area contributed by atoms with Crippen LogP contribution in [0.25, 0.3) is 0 Å². The van der Waals surface area contributed by atoms with Crippen LogP contribution in [0.5, 0.6) is 0 Å². The maximum atomic E-state index is 11.4. The number of amidine groups is 1. The zero-order chi connectivity index (χ0) is 24.8. The van der Waals surface area contributed by atoms with Crippen LogP contribution in [0, 0.1) is 5.41 Å². The first-order valence-corrected chi connectivity index (χ1v) is 11.6. The maximum absolute atomic E-state index is 11.4. The first-order chi connectivity index (χ1) is 16.3. The maximum Gasteiger partial charge on any atom is 0.306 e. The van der Waals surface area contributed by atoms with E-state index in [1.54, 1.807) is 0 Å². The van der Waals surface area contributed by atoms with Gasteiger partial charge in [-0.15, -0.1) is 0 Å². The number of ether oxygens (including phenoxy) is 5. The van der Waals surface area contributed by atoms with Gasteiger partial charge in [-0.3, -0.25) is 4.79 Å². The normalized spacial score (nSPS) is 21.4. The van der Waals surface area contributed by atoms with E-state index in [1.807, 2.05) is 13.8 Å². The Balaban J connectivity index is 0.000000287. The molecule has 0 aliphatic carbocycles. The van der Waals surface area contributed by atoms with Gasteiger partial charge in [-0.05, 0) is 43.9 Å². The summed E-state index contributed by atoms with van der Waals surface area (Å²) in [6.07, 6.45) is 6.64. The number of esters is 1. The molecule has 3 rings (SSSR count). The monoisotopic (exact) mass is 486 g/mol. The van der Waals surface area contributed by atoms with E-state index in [-0.39, 0.29) is 43.0 Å². The lowest BCUT2D eigenvalue weighted by Gasteiger charge is -2.22. The van der Waals surface area contributed by atoms with E-state index in [0.29, 0.717) is 24.6 Å². The number of oxime groups is 1. The number of carbonyl (C=O) groups is 1. The number of methoxy groups -OCH3 is 1. The van der Waals surface area contributed by atoms with Gasteiger partial charge in [0.1, 0.15) is 13.2 Å². The predicted octanol–water partition coefficient (Wildman–Crippen LogP) is 2.52. The highest BCUT2D eigenvalue weighted by molar-refractivity contribution is 5.80. The molecule has 194 valence electrons. The van der Waals surface area contributed by atoms with Crippen molar-refractivity contribution in [3.05, 3.63) is 11.7 Å². The summed E-state index contributed by atoms with van der Waals surface area (Å²) in [5.41, 5.74) is 4.91. The summed E-state index contributed by atoms with van der Waals surface area (Å²) < 4.78 is 31.5. The summed E-state index contributed by atoms with van der Waals surface area (Å²) in [7, 11) is 1.38. The van der Waals surface area contributed by atoms with Gasteiger partial charge in [0, 0.05) is 19.6 Å². The summed E-state index contributed by atoms with van der Waals surface area (Å²) >= 11 is 0. The molecule has 12 heteroatoms. The molecule has 3 heterocycles. The minimum atomic E-state index is -0.301. The van der Waals surface area contributed by atoms with Gasteiger partial charge in [-0.2, -0.15) is 4.98 Å². The molecule has 2 fully saturated rings. The van der Waals surface area contributed by atoms with E-state index in [0.717, 1.165) is 51.7 Å². The van der Waals surface area contributed by atoms with Crippen molar-refractivity contribution in [2.45, 2.75) is 84.4 Å². The zero-order valence-electron chi connectivity index (χ0n) is 20.4. The quantitative estimate of drug-likeness (QED) is 0.164. The third-order valence-corrected chi connectivity index (χ3v) is 5.21. The van der Waals surface area contributed by atoms with Gasteiger partial charge in [-0.25, -0.2) is 0 Å². The Kier molecular flexibility index (Phi) is 12.2. The number of nitrogens with zero attached hydrogens (tertiary/aromatic N) is 3. The van der Waals surface area contributed by atoms with Crippen molar-refractivity contribution in [2.24, 2.45) is 16.3 Å². The Morgan fingerprint density at radius 3 is 2.35 bits per heavy atom.